The molecule has 0 aliphatic carbocycles. The van der Waals surface area contributed by atoms with E-state index in [0.29, 0.717) is 6.42 Å². The van der Waals surface area contributed by atoms with Crippen molar-refractivity contribution in [3.8, 4) is 0 Å². The molecule has 1 amide bonds. The van der Waals surface area contributed by atoms with E-state index >= 15 is 0 Å². The number of hydrogen-bond acceptors (Lipinski definition) is 2. The van der Waals surface area contributed by atoms with Crippen molar-refractivity contribution >= 4 is 5.91 Å². The lowest BCUT2D eigenvalue weighted by atomic mass is 10.1. The molecule has 0 bridgehead atoms. The summed E-state index contributed by atoms with van der Waals surface area (Å²) >= 11 is 0. The van der Waals surface area contributed by atoms with E-state index in [1.807, 2.05) is 0 Å². The van der Waals surface area contributed by atoms with E-state index < -0.39 is 0 Å². The minimum absolute atomic E-state index is 0.0284. The smallest absolute Gasteiger partial charge is 0.221 e. The molecule has 1 unspecified atom stereocenters. The number of rotatable bonds is 9. The van der Waals surface area contributed by atoms with E-state index in [4.69, 9.17) is 5.73 Å². The predicted molar refractivity (Wildman–Crippen MR) is 69.2 cm³/mol. The Hall–Kier alpha value is -0.570. The van der Waals surface area contributed by atoms with Crippen molar-refractivity contribution in [3.05, 3.63) is 0 Å². The highest BCUT2D eigenvalue weighted by Crippen LogP contribution is 2.05. The van der Waals surface area contributed by atoms with Crippen molar-refractivity contribution in [2.45, 2.75) is 65.3 Å². The highest BCUT2D eigenvalue weighted by atomic mass is 16.1. The van der Waals surface area contributed by atoms with E-state index in [1.165, 1.54) is 12.8 Å². The maximum atomic E-state index is 11.4. The first kappa shape index (κ1) is 15.4. The molecule has 0 aromatic heterocycles. The Morgan fingerprint density at radius 3 is 2.50 bits per heavy atom. The van der Waals surface area contributed by atoms with Gasteiger partial charge >= 0.3 is 0 Å². The molecule has 0 radical (unpaired) electrons. The SMILES string of the molecule is CCCC(N)CC(=O)NCCCCC(C)C. The largest absolute Gasteiger partial charge is 0.356 e. The van der Waals surface area contributed by atoms with Gasteiger partial charge in [-0.05, 0) is 18.8 Å². The topological polar surface area (TPSA) is 55.1 Å². The third-order valence-corrected chi connectivity index (χ3v) is 2.64. The van der Waals surface area contributed by atoms with Gasteiger partial charge in [-0.15, -0.1) is 0 Å². The molecule has 0 aliphatic heterocycles. The second kappa shape index (κ2) is 9.64. The van der Waals surface area contributed by atoms with Gasteiger partial charge < -0.3 is 11.1 Å². The number of nitrogens with two attached hydrogens (primary N) is 1. The van der Waals surface area contributed by atoms with Gasteiger partial charge in [0, 0.05) is 19.0 Å². The summed E-state index contributed by atoms with van der Waals surface area (Å²) in [4.78, 5) is 11.4. The summed E-state index contributed by atoms with van der Waals surface area (Å²) in [7, 11) is 0. The normalized spacial score (nSPS) is 12.8. The lowest BCUT2D eigenvalue weighted by Crippen LogP contribution is -2.32. The number of carbonyl (C=O) groups excluding carboxylic acids is 1. The predicted octanol–water partition coefficient (Wildman–Crippen LogP) is 2.45. The van der Waals surface area contributed by atoms with Crippen molar-refractivity contribution in [1.82, 2.24) is 5.32 Å². The molecule has 0 aliphatic rings. The fraction of sp³-hybridized carbons (Fsp3) is 0.923. The van der Waals surface area contributed by atoms with Gasteiger partial charge in [0.1, 0.15) is 0 Å². The van der Waals surface area contributed by atoms with Crippen LogP contribution < -0.4 is 11.1 Å². The first-order valence-electron chi connectivity index (χ1n) is 6.58. The number of nitrogens with one attached hydrogen (secondary N) is 1. The summed E-state index contributed by atoms with van der Waals surface area (Å²) in [5, 5.41) is 2.93. The molecule has 0 fully saturated rings. The zero-order chi connectivity index (χ0) is 12.4. The highest BCUT2D eigenvalue weighted by molar-refractivity contribution is 5.76. The lowest BCUT2D eigenvalue weighted by Gasteiger charge is -2.10. The minimum atomic E-state index is 0.0284. The fourth-order valence-electron chi connectivity index (χ4n) is 1.69. The van der Waals surface area contributed by atoms with Gasteiger partial charge in [0.25, 0.3) is 0 Å². The maximum Gasteiger partial charge on any atom is 0.221 e. The molecule has 3 heteroatoms. The molecule has 0 spiro atoms. The van der Waals surface area contributed by atoms with Crippen molar-refractivity contribution in [1.29, 1.82) is 0 Å². The Morgan fingerprint density at radius 2 is 1.94 bits per heavy atom. The van der Waals surface area contributed by atoms with Gasteiger partial charge in [-0.1, -0.05) is 40.0 Å². The van der Waals surface area contributed by atoms with Crippen molar-refractivity contribution in [2.24, 2.45) is 11.7 Å². The minimum Gasteiger partial charge on any atom is -0.356 e. The molecule has 0 heterocycles. The molecule has 0 saturated carbocycles. The quantitative estimate of drug-likeness (QED) is 0.596. The summed E-state index contributed by atoms with van der Waals surface area (Å²) in [6, 6.07) is 0.0284. The summed E-state index contributed by atoms with van der Waals surface area (Å²) in [5.74, 6) is 0.860. The Labute approximate surface area is 100 Å². The molecular formula is C13H28N2O. The van der Waals surface area contributed by atoms with Gasteiger partial charge in [0.2, 0.25) is 5.91 Å². The van der Waals surface area contributed by atoms with Gasteiger partial charge in [-0.3, -0.25) is 4.79 Å². The number of hydrogen-bond donors (Lipinski definition) is 2. The maximum absolute atomic E-state index is 11.4. The molecule has 3 nitrogen and oxygen atoms in total. The molecule has 0 aromatic carbocycles. The average molecular weight is 228 g/mol. The van der Waals surface area contributed by atoms with Gasteiger partial charge in [0.15, 0.2) is 0 Å². The van der Waals surface area contributed by atoms with Crippen molar-refractivity contribution in [3.63, 3.8) is 0 Å². The first-order chi connectivity index (χ1) is 7.56. The summed E-state index contributed by atoms with van der Waals surface area (Å²) in [5.41, 5.74) is 5.79. The zero-order valence-corrected chi connectivity index (χ0v) is 11.1. The van der Waals surface area contributed by atoms with E-state index in [9.17, 15) is 4.79 Å². The summed E-state index contributed by atoms with van der Waals surface area (Å²) < 4.78 is 0. The molecule has 0 saturated heterocycles. The van der Waals surface area contributed by atoms with Crippen LogP contribution >= 0.6 is 0 Å². The molecule has 0 aromatic rings. The first-order valence-corrected chi connectivity index (χ1v) is 6.58. The molecule has 3 N–H and O–H groups in total. The molecule has 96 valence electrons. The van der Waals surface area contributed by atoms with E-state index in [0.717, 1.165) is 31.7 Å². The van der Waals surface area contributed by atoms with Crippen LogP contribution in [0, 0.1) is 5.92 Å². The van der Waals surface area contributed by atoms with Crippen LogP contribution in [0.2, 0.25) is 0 Å². The van der Waals surface area contributed by atoms with Crippen LogP contribution in [0.5, 0.6) is 0 Å². The molecule has 1 atom stereocenters. The Kier molecular flexibility index (Phi) is 9.30. The van der Waals surface area contributed by atoms with Crippen LogP contribution in [0.4, 0.5) is 0 Å². The summed E-state index contributed by atoms with van der Waals surface area (Å²) in [6.07, 6.45) is 5.96. The Balaban J connectivity index is 3.36. The molecule has 16 heavy (non-hydrogen) atoms. The number of carbonyl (C=O) groups is 1. The van der Waals surface area contributed by atoms with Crippen molar-refractivity contribution < 1.29 is 4.79 Å². The Morgan fingerprint density at radius 1 is 1.25 bits per heavy atom. The standard InChI is InChI=1S/C13H28N2O/c1-4-7-12(14)10-13(16)15-9-6-5-8-11(2)3/h11-12H,4-10,14H2,1-3H3,(H,15,16). The van der Waals surface area contributed by atoms with E-state index in [-0.39, 0.29) is 11.9 Å². The van der Waals surface area contributed by atoms with Gasteiger partial charge in [-0.25, -0.2) is 0 Å². The second-order valence-corrected chi connectivity index (χ2v) is 4.99. The van der Waals surface area contributed by atoms with Gasteiger partial charge in [-0.2, -0.15) is 0 Å². The monoisotopic (exact) mass is 228 g/mol. The second-order valence-electron chi connectivity index (χ2n) is 4.99. The van der Waals surface area contributed by atoms with Crippen LogP contribution in [-0.2, 0) is 4.79 Å². The number of amides is 1. The lowest BCUT2D eigenvalue weighted by molar-refractivity contribution is -0.121. The molecular weight excluding hydrogens is 200 g/mol. The zero-order valence-electron chi connectivity index (χ0n) is 11.1. The third-order valence-electron chi connectivity index (χ3n) is 2.64. The van der Waals surface area contributed by atoms with Crippen LogP contribution in [0.25, 0.3) is 0 Å². The van der Waals surface area contributed by atoms with Crippen LogP contribution in [0.1, 0.15) is 59.3 Å². The van der Waals surface area contributed by atoms with Crippen LogP contribution in [0.3, 0.4) is 0 Å². The van der Waals surface area contributed by atoms with E-state index in [2.05, 4.69) is 26.1 Å². The van der Waals surface area contributed by atoms with Gasteiger partial charge in [0.05, 0.1) is 0 Å². The third kappa shape index (κ3) is 9.97. The number of unbranched alkanes of at least 4 members (excludes halogenated alkanes) is 1. The molecule has 0 rings (SSSR count). The Bertz CT molecular complexity index is 181. The van der Waals surface area contributed by atoms with Crippen LogP contribution in [-0.4, -0.2) is 18.5 Å². The summed E-state index contributed by atoms with van der Waals surface area (Å²) in [6.45, 7) is 7.33. The van der Waals surface area contributed by atoms with E-state index in [1.54, 1.807) is 0 Å². The van der Waals surface area contributed by atoms with Crippen molar-refractivity contribution in [2.75, 3.05) is 6.54 Å². The average Bonchev–Trinajstić information content (AvgIpc) is 2.16. The fourth-order valence-corrected chi connectivity index (χ4v) is 1.69. The van der Waals surface area contributed by atoms with Crippen LogP contribution in [0.15, 0.2) is 0 Å². The highest BCUT2D eigenvalue weighted by Gasteiger charge is 2.07.